The minimum Gasteiger partial charge on any atom is -0.308 e. The van der Waals surface area contributed by atoms with Gasteiger partial charge in [-0.15, -0.1) is 0 Å². The fraction of sp³-hybridized carbons (Fsp3) is 0.800. The van der Waals surface area contributed by atoms with Crippen LogP contribution in [0.1, 0.15) is 33.5 Å². The first-order chi connectivity index (χ1) is 6.59. The van der Waals surface area contributed by atoms with E-state index in [2.05, 4.69) is 43.1 Å². The van der Waals surface area contributed by atoms with Crippen LogP contribution in [0.25, 0.3) is 0 Å². The molecule has 0 bridgehead atoms. The van der Waals surface area contributed by atoms with Gasteiger partial charge in [-0.05, 0) is 5.92 Å². The molecule has 0 aliphatic carbocycles. The SMILES string of the molecule is CC(C)Cn1ncnc1CNC(C)C. The molecule has 0 saturated carbocycles. The summed E-state index contributed by atoms with van der Waals surface area (Å²) in [6.45, 7) is 10.4. The van der Waals surface area contributed by atoms with Gasteiger partial charge in [-0.1, -0.05) is 27.7 Å². The van der Waals surface area contributed by atoms with Crippen LogP contribution in [-0.4, -0.2) is 20.8 Å². The lowest BCUT2D eigenvalue weighted by Gasteiger charge is -2.10. The fourth-order valence-electron chi connectivity index (χ4n) is 1.22. The lowest BCUT2D eigenvalue weighted by molar-refractivity contribution is 0.451. The summed E-state index contributed by atoms with van der Waals surface area (Å²) in [5, 5.41) is 7.54. The van der Waals surface area contributed by atoms with Crippen molar-refractivity contribution in [3.05, 3.63) is 12.2 Å². The molecule has 14 heavy (non-hydrogen) atoms. The van der Waals surface area contributed by atoms with Crippen LogP contribution in [0, 0.1) is 5.92 Å². The third-order valence-corrected chi connectivity index (χ3v) is 1.90. The van der Waals surface area contributed by atoms with Crippen LogP contribution in [0.2, 0.25) is 0 Å². The van der Waals surface area contributed by atoms with Crippen LogP contribution in [0.15, 0.2) is 6.33 Å². The molecule has 80 valence electrons. The molecule has 4 nitrogen and oxygen atoms in total. The second-order valence-electron chi connectivity index (χ2n) is 4.29. The van der Waals surface area contributed by atoms with Gasteiger partial charge in [-0.2, -0.15) is 5.10 Å². The van der Waals surface area contributed by atoms with E-state index in [0.717, 1.165) is 18.9 Å². The maximum atomic E-state index is 4.23. The van der Waals surface area contributed by atoms with Gasteiger partial charge in [0.05, 0.1) is 6.54 Å². The summed E-state index contributed by atoms with van der Waals surface area (Å²) in [7, 11) is 0. The van der Waals surface area contributed by atoms with E-state index < -0.39 is 0 Å². The zero-order chi connectivity index (χ0) is 10.6. The van der Waals surface area contributed by atoms with Crippen LogP contribution in [0.4, 0.5) is 0 Å². The van der Waals surface area contributed by atoms with Crippen molar-refractivity contribution in [3.63, 3.8) is 0 Å². The van der Waals surface area contributed by atoms with E-state index in [1.54, 1.807) is 6.33 Å². The lowest BCUT2D eigenvalue weighted by Crippen LogP contribution is -2.24. The van der Waals surface area contributed by atoms with Gasteiger partial charge in [0.2, 0.25) is 0 Å². The Kier molecular flexibility index (Phi) is 4.07. The quantitative estimate of drug-likeness (QED) is 0.774. The number of rotatable bonds is 5. The van der Waals surface area contributed by atoms with Crippen molar-refractivity contribution in [1.82, 2.24) is 20.1 Å². The minimum absolute atomic E-state index is 0.485. The molecule has 0 aliphatic rings. The molecular weight excluding hydrogens is 176 g/mol. The molecule has 4 heteroatoms. The Morgan fingerprint density at radius 2 is 2.07 bits per heavy atom. The van der Waals surface area contributed by atoms with Gasteiger partial charge in [0.1, 0.15) is 12.2 Å². The van der Waals surface area contributed by atoms with E-state index in [9.17, 15) is 0 Å². The van der Waals surface area contributed by atoms with Crippen LogP contribution >= 0.6 is 0 Å². The van der Waals surface area contributed by atoms with Crippen molar-refractivity contribution in [1.29, 1.82) is 0 Å². The van der Waals surface area contributed by atoms with Gasteiger partial charge in [0.15, 0.2) is 0 Å². The third-order valence-electron chi connectivity index (χ3n) is 1.90. The first kappa shape index (κ1) is 11.2. The van der Waals surface area contributed by atoms with Crippen molar-refractivity contribution in [2.75, 3.05) is 0 Å². The molecule has 1 aromatic rings. The molecule has 0 atom stereocenters. The Hall–Kier alpha value is -0.900. The first-order valence-electron chi connectivity index (χ1n) is 5.19. The summed E-state index contributed by atoms with van der Waals surface area (Å²) in [6.07, 6.45) is 1.62. The topological polar surface area (TPSA) is 42.7 Å². The first-order valence-corrected chi connectivity index (χ1v) is 5.19. The molecule has 0 unspecified atom stereocenters. The summed E-state index contributed by atoms with van der Waals surface area (Å²) in [6, 6.07) is 0.485. The standard InChI is InChI=1S/C10H20N4/c1-8(2)6-14-10(12-7-13-14)5-11-9(3)4/h7-9,11H,5-6H2,1-4H3. The molecule has 0 spiro atoms. The Bertz CT molecular complexity index is 265. The van der Waals surface area contributed by atoms with Crippen molar-refractivity contribution >= 4 is 0 Å². The van der Waals surface area contributed by atoms with Gasteiger partial charge in [-0.3, -0.25) is 0 Å². The highest BCUT2D eigenvalue weighted by molar-refractivity contribution is 4.84. The molecule has 0 radical (unpaired) electrons. The van der Waals surface area contributed by atoms with Crippen molar-refractivity contribution in [3.8, 4) is 0 Å². The lowest BCUT2D eigenvalue weighted by atomic mass is 10.2. The van der Waals surface area contributed by atoms with Gasteiger partial charge < -0.3 is 5.32 Å². The highest BCUT2D eigenvalue weighted by atomic mass is 15.3. The second-order valence-corrected chi connectivity index (χ2v) is 4.29. The summed E-state index contributed by atoms with van der Waals surface area (Å²) < 4.78 is 1.97. The van der Waals surface area contributed by atoms with E-state index >= 15 is 0 Å². The Balaban J connectivity index is 2.53. The summed E-state index contributed by atoms with van der Waals surface area (Å²) in [5.74, 6) is 1.63. The maximum Gasteiger partial charge on any atom is 0.140 e. The number of nitrogens with one attached hydrogen (secondary N) is 1. The normalized spacial score (nSPS) is 11.6. The highest BCUT2D eigenvalue weighted by Gasteiger charge is 2.05. The van der Waals surface area contributed by atoms with Crippen molar-refractivity contribution in [2.24, 2.45) is 5.92 Å². The highest BCUT2D eigenvalue weighted by Crippen LogP contribution is 2.01. The second kappa shape index (κ2) is 5.10. The molecule has 0 saturated heterocycles. The van der Waals surface area contributed by atoms with E-state index in [1.807, 2.05) is 4.68 Å². The molecule has 1 heterocycles. The Labute approximate surface area is 85.7 Å². The van der Waals surface area contributed by atoms with Crippen LogP contribution in [-0.2, 0) is 13.1 Å². The number of hydrogen-bond donors (Lipinski definition) is 1. The van der Waals surface area contributed by atoms with Crippen LogP contribution in [0.5, 0.6) is 0 Å². The molecule has 0 aliphatic heterocycles. The van der Waals surface area contributed by atoms with E-state index in [1.165, 1.54) is 0 Å². The molecule has 0 amide bonds. The van der Waals surface area contributed by atoms with Crippen molar-refractivity contribution < 1.29 is 0 Å². The van der Waals surface area contributed by atoms with Gasteiger partial charge in [0.25, 0.3) is 0 Å². The predicted molar refractivity (Wildman–Crippen MR) is 56.8 cm³/mol. The Morgan fingerprint density at radius 1 is 1.36 bits per heavy atom. The third kappa shape index (κ3) is 3.46. The predicted octanol–water partition coefficient (Wildman–Crippen LogP) is 1.43. The summed E-state index contributed by atoms with van der Waals surface area (Å²) in [5.41, 5.74) is 0. The van der Waals surface area contributed by atoms with Crippen molar-refractivity contribution in [2.45, 2.75) is 46.8 Å². The number of aromatic nitrogens is 3. The zero-order valence-corrected chi connectivity index (χ0v) is 9.49. The monoisotopic (exact) mass is 196 g/mol. The average Bonchev–Trinajstić information content (AvgIpc) is 2.47. The minimum atomic E-state index is 0.485. The fourth-order valence-corrected chi connectivity index (χ4v) is 1.22. The smallest absolute Gasteiger partial charge is 0.140 e. The molecule has 1 rings (SSSR count). The van der Waals surface area contributed by atoms with Crippen LogP contribution < -0.4 is 5.32 Å². The van der Waals surface area contributed by atoms with Gasteiger partial charge >= 0.3 is 0 Å². The molecule has 0 aromatic carbocycles. The number of nitrogens with zero attached hydrogens (tertiary/aromatic N) is 3. The van der Waals surface area contributed by atoms with Crippen LogP contribution in [0.3, 0.4) is 0 Å². The van der Waals surface area contributed by atoms with E-state index in [-0.39, 0.29) is 0 Å². The molecule has 1 aromatic heterocycles. The maximum absolute atomic E-state index is 4.23. The summed E-state index contributed by atoms with van der Waals surface area (Å²) >= 11 is 0. The average molecular weight is 196 g/mol. The Morgan fingerprint density at radius 3 is 2.64 bits per heavy atom. The van der Waals surface area contributed by atoms with E-state index in [4.69, 9.17) is 0 Å². The summed E-state index contributed by atoms with van der Waals surface area (Å²) in [4.78, 5) is 4.23. The van der Waals surface area contributed by atoms with Gasteiger partial charge in [0, 0.05) is 12.6 Å². The molecular formula is C10H20N4. The number of hydrogen-bond acceptors (Lipinski definition) is 3. The molecule has 0 fully saturated rings. The van der Waals surface area contributed by atoms with Gasteiger partial charge in [-0.25, -0.2) is 9.67 Å². The zero-order valence-electron chi connectivity index (χ0n) is 9.49. The largest absolute Gasteiger partial charge is 0.308 e. The van der Waals surface area contributed by atoms with E-state index in [0.29, 0.717) is 12.0 Å². The molecule has 1 N–H and O–H groups in total.